The maximum absolute atomic E-state index is 11.0. The summed E-state index contributed by atoms with van der Waals surface area (Å²) in [5, 5.41) is 2.57. The normalized spacial score (nSPS) is 18.6. The Labute approximate surface area is 137 Å². The fourth-order valence-electron chi connectivity index (χ4n) is 2.16. The molecule has 2 rings (SSSR count). The lowest BCUT2D eigenvalue weighted by molar-refractivity contribution is 0.00578. The summed E-state index contributed by atoms with van der Waals surface area (Å²) in [6.07, 6.45) is -0.479. The van der Waals surface area contributed by atoms with E-state index in [4.69, 9.17) is 14.0 Å². The van der Waals surface area contributed by atoms with Crippen molar-refractivity contribution >= 4 is 18.7 Å². The highest BCUT2D eigenvalue weighted by Gasteiger charge is 2.52. The molecule has 0 unspecified atom stereocenters. The Morgan fingerprint density at radius 2 is 1.78 bits per heavy atom. The average molecular weight is 321 g/mol. The molecule has 0 aliphatic carbocycles. The lowest BCUT2D eigenvalue weighted by Crippen LogP contribution is -2.41. The van der Waals surface area contributed by atoms with Crippen molar-refractivity contribution in [2.24, 2.45) is 0 Å². The molecule has 0 atom stereocenters. The van der Waals surface area contributed by atoms with Gasteiger partial charge in [-0.1, -0.05) is 18.2 Å². The van der Waals surface area contributed by atoms with Crippen molar-refractivity contribution in [3.05, 3.63) is 24.3 Å². The van der Waals surface area contributed by atoms with Gasteiger partial charge in [0.15, 0.2) is 0 Å². The van der Waals surface area contributed by atoms with Crippen LogP contribution in [0, 0.1) is 0 Å². The summed E-state index contributed by atoms with van der Waals surface area (Å²) in [5.41, 5.74) is 0.0262. The van der Waals surface area contributed by atoms with E-state index in [0.29, 0.717) is 18.9 Å². The van der Waals surface area contributed by atoms with E-state index in [1.54, 1.807) is 0 Å². The molecule has 0 spiro atoms. The number of carbonyl (C=O) groups excluding carboxylic acids is 1. The van der Waals surface area contributed by atoms with Crippen molar-refractivity contribution in [3.8, 4) is 5.75 Å². The molecule has 1 aromatic rings. The second-order valence-electron chi connectivity index (χ2n) is 6.39. The molecule has 1 amide bonds. The first kappa shape index (κ1) is 17.6. The average Bonchev–Trinajstić information content (AvgIpc) is 2.72. The minimum absolute atomic E-state index is 0.325. The van der Waals surface area contributed by atoms with Gasteiger partial charge in [-0.25, -0.2) is 4.79 Å². The van der Waals surface area contributed by atoms with Gasteiger partial charge in [0.05, 0.1) is 24.9 Å². The number of nitrogens with one attached hydrogen (secondary N) is 1. The molecule has 7 heteroatoms. The Balaban J connectivity index is 2.03. The van der Waals surface area contributed by atoms with E-state index in [-0.39, 0.29) is 0 Å². The zero-order chi connectivity index (χ0) is 17.1. The zero-order valence-electron chi connectivity index (χ0n) is 14.3. The summed E-state index contributed by atoms with van der Waals surface area (Å²) in [6, 6.07) is 7.58. The molecule has 1 N–H and O–H groups in total. The number of methoxy groups -OCH3 is 1. The van der Waals surface area contributed by atoms with Crippen molar-refractivity contribution in [3.63, 3.8) is 0 Å². The predicted molar refractivity (Wildman–Crippen MR) is 88.1 cm³/mol. The number of hydrogen-bond acceptors (Lipinski definition) is 5. The third-order valence-electron chi connectivity index (χ3n) is 4.24. The number of ether oxygens (including phenoxy) is 2. The Morgan fingerprint density at radius 3 is 2.39 bits per heavy atom. The van der Waals surface area contributed by atoms with Crippen LogP contribution in [-0.4, -0.2) is 44.7 Å². The molecule has 1 fully saturated rings. The quantitative estimate of drug-likeness (QED) is 0.661. The molecule has 0 saturated carbocycles. The van der Waals surface area contributed by atoms with E-state index < -0.39 is 24.4 Å². The smallest absolute Gasteiger partial charge is 0.492 e. The van der Waals surface area contributed by atoms with Crippen molar-refractivity contribution < 1.29 is 23.6 Å². The van der Waals surface area contributed by atoms with Gasteiger partial charge in [-0.3, -0.25) is 0 Å². The highest BCUT2D eigenvalue weighted by molar-refractivity contribution is 6.63. The molecule has 1 aromatic carbocycles. The van der Waals surface area contributed by atoms with Crippen LogP contribution in [-0.2, 0) is 14.0 Å². The van der Waals surface area contributed by atoms with Crippen LogP contribution in [0.5, 0.6) is 5.75 Å². The fraction of sp³-hybridized carbons (Fsp3) is 0.562. The Morgan fingerprint density at radius 1 is 1.17 bits per heavy atom. The van der Waals surface area contributed by atoms with Gasteiger partial charge >= 0.3 is 13.2 Å². The molecule has 1 aliphatic rings. The number of alkyl carbamates (subject to hydrolysis) is 1. The number of amides is 1. The van der Waals surface area contributed by atoms with Crippen molar-refractivity contribution in [1.82, 2.24) is 5.32 Å². The maximum Gasteiger partial charge on any atom is 0.498 e. The van der Waals surface area contributed by atoms with Crippen molar-refractivity contribution in [2.75, 3.05) is 20.3 Å². The Hall–Kier alpha value is -1.73. The molecule has 126 valence electrons. The van der Waals surface area contributed by atoms with Gasteiger partial charge in [0.25, 0.3) is 0 Å². The first-order chi connectivity index (χ1) is 10.8. The molecule has 23 heavy (non-hydrogen) atoms. The first-order valence-corrected chi connectivity index (χ1v) is 7.66. The molecule has 0 bridgehead atoms. The summed E-state index contributed by atoms with van der Waals surface area (Å²) in [5.74, 6) is 0.678. The number of hydrogen-bond donors (Lipinski definition) is 1. The SMILES string of the molecule is COC(=O)NCCOc1ccccc1B1OC(C)(C)C(C)(C)O1. The largest absolute Gasteiger partial charge is 0.498 e. The molecule has 1 aliphatic heterocycles. The molecule has 6 nitrogen and oxygen atoms in total. The van der Waals surface area contributed by atoms with Crippen LogP contribution in [0.2, 0.25) is 0 Å². The van der Waals surface area contributed by atoms with E-state index >= 15 is 0 Å². The molecule has 0 radical (unpaired) electrons. The van der Waals surface area contributed by atoms with Crippen LogP contribution >= 0.6 is 0 Å². The van der Waals surface area contributed by atoms with Crippen LogP contribution in [0.15, 0.2) is 24.3 Å². The van der Waals surface area contributed by atoms with Crippen LogP contribution in [0.4, 0.5) is 4.79 Å². The van der Waals surface area contributed by atoms with E-state index in [9.17, 15) is 4.79 Å². The summed E-state index contributed by atoms with van der Waals surface area (Å²) in [7, 11) is 0.841. The van der Waals surface area contributed by atoms with Gasteiger partial charge in [-0.15, -0.1) is 0 Å². The molecule has 1 heterocycles. The third-order valence-corrected chi connectivity index (χ3v) is 4.24. The Bertz CT molecular complexity index is 545. The van der Waals surface area contributed by atoms with E-state index in [1.165, 1.54) is 7.11 Å². The lowest BCUT2D eigenvalue weighted by atomic mass is 9.78. The number of para-hydroxylation sites is 1. The maximum atomic E-state index is 11.0. The third kappa shape index (κ3) is 3.97. The van der Waals surface area contributed by atoms with Crippen molar-refractivity contribution in [2.45, 2.75) is 38.9 Å². The number of benzene rings is 1. The van der Waals surface area contributed by atoms with Crippen LogP contribution < -0.4 is 15.5 Å². The monoisotopic (exact) mass is 321 g/mol. The summed E-state index contributed by atoms with van der Waals surface area (Å²) < 4.78 is 22.4. The second kappa shape index (κ2) is 6.80. The van der Waals surface area contributed by atoms with Crippen LogP contribution in [0.1, 0.15) is 27.7 Å². The predicted octanol–water partition coefficient (Wildman–Crippen LogP) is 1.72. The van der Waals surface area contributed by atoms with Crippen LogP contribution in [0.3, 0.4) is 0 Å². The van der Waals surface area contributed by atoms with E-state index in [2.05, 4.69) is 10.1 Å². The summed E-state index contributed by atoms with van der Waals surface area (Å²) >= 11 is 0. The fourth-order valence-corrected chi connectivity index (χ4v) is 2.16. The lowest BCUT2D eigenvalue weighted by Gasteiger charge is -2.32. The van der Waals surface area contributed by atoms with Crippen LogP contribution in [0.25, 0.3) is 0 Å². The summed E-state index contributed by atoms with van der Waals surface area (Å²) in [4.78, 5) is 11.0. The van der Waals surface area contributed by atoms with Gasteiger partial charge < -0.3 is 24.1 Å². The number of rotatable bonds is 5. The van der Waals surface area contributed by atoms with Gasteiger partial charge in [-0.05, 0) is 33.8 Å². The highest BCUT2D eigenvalue weighted by atomic mass is 16.7. The van der Waals surface area contributed by atoms with E-state index in [0.717, 1.165) is 5.46 Å². The van der Waals surface area contributed by atoms with Gasteiger partial charge in [-0.2, -0.15) is 0 Å². The van der Waals surface area contributed by atoms with Gasteiger partial charge in [0.2, 0.25) is 0 Å². The molecule has 0 aromatic heterocycles. The minimum Gasteiger partial charge on any atom is -0.492 e. The Kier molecular flexibility index (Phi) is 5.21. The first-order valence-electron chi connectivity index (χ1n) is 7.66. The van der Waals surface area contributed by atoms with E-state index in [1.807, 2.05) is 52.0 Å². The van der Waals surface area contributed by atoms with Crippen molar-refractivity contribution in [1.29, 1.82) is 0 Å². The minimum atomic E-state index is -0.482. The topological polar surface area (TPSA) is 66.0 Å². The molecular formula is C16H24BNO5. The molecular weight excluding hydrogens is 297 g/mol. The van der Waals surface area contributed by atoms with Gasteiger partial charge in [0.1, 0.15) is 12.4 Å². The second-order valence-corrected chi connectivity index (χ2v) is 6.39. The number of carbonyl (C=O) groups is 1. The van der Waals surface area contributed by atoms with Gasteiger partial charge in [0, 0.05) is 5.46 Å². The zero-order valence-corrected chi connectivity index (χ0v) is 14.3. The molecule has 1 saturated heterocycles. The standard InChI is InChI=1S/C16H24BNO5/c1-15(2)16(3,4)23-17(22-15)12-8-6-7-9-13(12)21-11-10-18-14(19)20-5/h6-9H,10-11H2,1-5H3,(H,18,19). The highest BCUT2D eigenvalue weighted by Crippen LogP contribution is 2.37. The summed E-state index contributed by atoms with van der Waals surface area (Å²) in [6.45, 7) is 8.72.